The van der Waals surface area contributed by atoms with Crippen molar-refractivity contribution in [3.8, 4) is 11.1 Å². The number of hydrogen-bond acceptors (Lipinski definition) is 4. The molecule has 28 heavy (non-hydrogen) atoms. The van der Waals surface area contributed by atoms with Crippen LogP contribution in [0.25, 0.3) is 11.1 Å². The number of urea groups is 1. The van der Waals surface area contributed by atoms with Crippen molar-refractivity contribution in [2.45, 2.75) is 13.3 Å². The number of anilines is 1. The van der Waals surface area contributed by atoms with Crippen molar-refractivity contribution in [2.24, 2.45) is 5.92 Å². The van der Waals surface area contributed by atoms with Gasteiger partial charge in [0.1, 0.15) is 0 Å². The Morgan fingerprint density at radius 1 is 1.14 bits per heavy atom. The Morgan fingerprint density at radius 2 is 1.89 bits per heavy atom. The molecule has 7 heteroatoms. The SMILES string of the molecule is CCOC(=O)c1cc(-c2ccccc2)ccc1NC(=O)N1CCC(C(=O)O)C1. The molecule has 2 N–H and O–H groups in total. The van der Waals surface area contributed by atoms with E-state index < -0.39 is 23.9 Å². The van der Waals surface area contributed by atoms with Gasteiger partial charge in [-0.25, -0.2) is 9.59 Å². The Kier molecular flexibility index (Phi) is 5.93. The second-order valence-corrected chi connectivity index (χ2v) is 6.55. The maximum absolute atomic E-state index is 12.5. The van der Waals surface area contributed by atoms with Crippen LogP contribution in [0.5, 0.6) is 0 Å². The first-order chi connectivity index (χ1) is 13.5. The molecule has 3 rings (SSSR count). The summed E-state index contributed by atoms with van der Waals surface area (Å²) in [7, 11) is 0. The highest BCUT2D eigenvalue weighted by Gasteiger charge is 2.31. The number of carboxylic acids is 1. The number of nitrogens with zero attached hydrogens (tertiary/aromatic N) is 1. The van der Waals surface area contributed by atoms with Gasteiger partial charge in [-0.15, -0.1) is 0 Å². The zero-order valence-electron chi connectivity index (χ0n) is 15.6. The fourth-order valence-electron chi connectivity index (χ4n) is 3.18. The molecular formula is C21H22N2O5. The molecule has 1 atom stereocenters. The third-order valence-electron chi connectivity index (χ3n) is 4.69. The van der Waals surface area contributed by atoms with Crippen molar-refractivity contribution < 1.29 is 24.2 Å². The van der Waals surface area contributed by atoms with Gasteiger partial charge in [0.25, 0.3) is 0 Å². The molecule has 1 saturated heterocycles. The molecule has 0 aliphatic carbocycles. The van der Waals surface area contributed by atoms with Gasteiger partial charge >= 0.3 is 18.0 Å². The van der Waals surface area contributed by atoms with Gasteiger partial charge in [0, 0.05) is 13.1 Å². The molecule has 1 heterocycles. The molecule has 146 valence electrons. The van der Waals surface area contributed by atoms with Crippen LogP contribution < -0.4 is 5.32 Å². The number of hydrogen-bond donors (Lipinski definition) is 2. The maximum atomic E-state index is 12.5. The van der Waals surface area contributed by atoms with E-state index in [0.29, 0.717) is 18.7 Å². The van der Waals surface area contributed by atoms with Crippen molar-refractivity contribution in [3.05, 3.63) is 54.1 Å². The van der Waals surface area contributed by atoms with Gasteiger partial charge in [-0.1, -0.05) is 36.4 Å². The van der Waals surface area contributed by atoms with E-state index in [1.807, 2.05) is 36.4 Å². The van der Waals surface area contributed by atoms with E-state index in [1.54, 1.807) is 19.1 Å². The van der Waals surface area contributed by atoms with Crippen LogP contribution >= 0.6 is 0 Å². The summed E-state index contributed by atoms with van der Waals surface area (Å²) in [6.07, 6.45) is 0.417. The quantitative estimate of drug-likeness (QED) is 0.772. The number of benzene rings is 2. The number of aliphatic carboxylic acids is 1. The predicted molar refractivity (Wildman–Crippen MR) is 104 cm³/mol. The van der Waals surface area contributed by atoms with E-state index in [9.17, 15) is 14.4 Å². The molecule has 7 nitrogen and oxygen atoms in total. The number of amides is 2. The first kappa shape index (κ1) is 19.4. The number of carbonyl (C=O) groups excluding carboxylic acids is 2. The van der Waals surface area contributed by atoms with E-state index in [-0.39, 0.29) is 18.7 Å². The third kappa shape index (κ3) is 4.31. The van der Waals surface area contributed by atoms with Gasteiger partial charge in [-0.05, 0) is 36.6 Å². The number of ether oxygens (including phenoxy) is 1. The summed E-state index contributed by atoms with van der Waals surface area (Å²) in [5, 5.41) is 11.8. The minimum atomic E-state index is -0.908. The summed E-state index contributed by atoms with van der Waals surface area (Å²) in [6.45, 7) is 2.44. The van der Waals surface area contributed by atoms with Crippen LogP contribution in [-0.2, 0) is 9.53 Å². The fraction of sp³-hybridized carbons (Fsp3) is 0.286. The lowest BCUT2D eigenvalue weighted by Crippen LogP contribution is -2.34. The molecule has 1 aliphatic rings. The van der Waals surface area contributed by atoms with Crippen LogP contribution in [0.15, 0.2) is 48.5 Å². The molecule has 0 aromatic heterocycles. The number of esters is 1. The standard InChI is InChI=1S/C21H22N2O5/c1-2-28-20(26)17-12-15(14-6-4-3-5-7-14)8-9-18(17)22-21(27)23-11-10-16(13-23)19(24)25/h3-9,12,16H,2,10-11,13H2,1H3,(H,22,27)(H,24,25). The van der Waals surface area contributed by atoms with Gasteiger partial charge in [0.15, 0.2) is 0 Å². The fourth-order valence-corrected chi connectivity index (χ4v) is 3.18. The smallest absolute Gasteiger partial charge is 0.340 e. The van der Waals surface area contributed by atoms with E-state index in [2.05, 4.69) is 5.32 Å². The lowest BCUT2D eigenvalue weighted by Gasteiger charge is -2.18. The van der Waals surface area contributed by atoms with Gasteiger partial charge in [0.2, 0.25) is 0 Å². The number of nitrogens with one attached hydrogen (secondary N) is 1. The summed E-state index contributed by atoms with van der Waals surface area (Å²) in [5.74, 6) is -1.99. The summed E-state index contributed by atoms with van der Waals surface area (Å²) in [4.78, 5) is 37.5. The zero-order chi connectivity index (χ0) is 20.1. The summed E-state index contributed by atoms with van der Waals surface area (Å²) < 4.78 is 5.13. The van der Waals surface area contributed by atoms with Crippen molar-refractivity contribution in [2.75, 3.05) is 25.0 Å². The summed E-state index contributed by atoms with van der Waals surface area (Å²) in [5.41, 5.74) is 2.36. The van der Waals surface area contributed by atoms with Gasteiger partial charge < -0.3 is 20.1 Å². The molecule has 1 aliphatic heterocycles. The number of rotatable bonds is 5. The topological polar surface area (TPSA) is 95.9 Å². The molecule has 1 fully saturated rings. The van der Waals surface area contributed by atoms with E-state index in [4.69, 9.17) is 9.84 Å². The van der Waals surface area contributed by atoms with E-state index >= 15 is 0 Å². The lowest BCUT2D eigenvalue weighted by molar-refractivity contribution is -0.141. The lowest BCUT2D eigenvalue weighted by atomic mass is 10.0. The number of carbonyl (C=O) groups is 3. The van der Waals surface area contributed by atoms with Crippen molar-refractivity contribution in [1.82, 2.24) is 4.90 Å². The second kappa shape index (κ2) is 8.56. The first-order valence-electron chi connectivity index (χ1n) is 9.15. The van der Waals surface area contributed by atoms with E-state index in [0.717, 1.165) is 11.1 Å². The Hall–Kier alpha value is -3.35. The van der Waals surface area contributed by atoms with Crippen LogP contribution in [0.1, 0.15) is 23.7 Å². The third-order valence-corrected chi connectivity index (χ3v) is 4.69. The first-order valence-corrected chi connectivity index (χ1v) is 9.15. The van der Waals surface area contributed by atoms with Gasteiger partial charge in [-0.3, -0.25) is 4.79 Å². The molecule has 0 saturated carbocycles. The molecule has 1 unspecified atom stereocenters. The highest BCUT2D eigenvalue weighted by atomic mass is 16.5. The highest BCUT2D eigenvalue weighted by Crippen LogP contribution is 2.27. The van der Waals surface area contributed by atoms with E-state index in [1.165, 1.54) is 4.90 Å². The monoisotopic (exact) mass is 382 g/mol. The average molecular weight is 382 g/mol. The Bertz CT molecular complexity index is 882. The molecule has 2 aromatic rings. The maximum Gasteiger partial charge on any atom is 0.340 e. The average Bonchev–Trinajstić information content (AvgIpc) is 3.20. The number of likely N-dealkylation sites (tertiary alicyclic amines) is 1. The van der Waals surface area contributed by atoms with Crippen LogP contribution in [-0.4, -0.2) is 47.7 Å². The van der Waals surface area contributed by atoms with Crippen LogP contribution in [0.4, 0.5) is 10.5 Å². The van der Waals surface area contributed by atoms with Crippen LogP contribution in [0.3, 0.4) is 0 Å². The molecule has 2 aromatic carbocycles. The van der Waals surface area contributed by atoms with Crippen molar-refractivity contribution >= 4 is 23.7 Å². The predicted octanol–water partition coefficient (Wildman–Crippen LogP) is 3.47. The zero-order valence-corrected chi connectivity index (χ0v) is 15.6. The molecule has 2 amide bonds. The van der Waals surface area contributed by atoms with Gasteiger partial charge in [0.05, 0.1) is 23.8 Å². The Morgan fingerprint density at radius 3 is 2.54 bits per heavy atom. The highest BCUT2D eigenvalue weighted by molar-refractivity contribution is 6.02. The summed E-state index contributed by atoms with van der Waals surface area (Å²) in [6, 6.07) is 14.3. The Balaban J connectivity index is 1.84. The largest absolute Gasteiger partial charge is 0.481 e. The second-order valence-electron chi connectivity index (χ2n) is 6.55. The molecule has 0 bridgehead atoms. The minimum Gasteiger partial charge on any atom is -0.481 e. The van der Waals surface area contributed by atoms with Crippen LogP contribution in [0, 0.1) is 5.92 Å². The normalized spacial score (nSPS) is 15.9. The van der Waals surface area contributed by atoms with Crippen molar-refractivity contribution in [3.63, 3.8) is 0 Å². The molecular weight excluding hydrogens is 360 g/mol. The minimum absolute atomic E-state index is 0.151. The van der Waals surface area contributed by atoms with Crippen molar-refractivity contribution in [1.29, 1.82) is 0 Å². The molecule has 0 radical (unpaired) electrons. The van der Waals surface area contributed by atoms with Crippen LogP contribution in [0.2, 0.25) is 0 Å². The number of carboxylic acid groups (broad SMARTS) is 1. The summed E-state index contributed by atoms with van der Waals surface area (Å²) >= 11 is 0. The Labute approximate surface area is 162 Å². The van der Waals surface area contributed by atoms with Gasteiger partial charge in [-0.2, -0.15) is 0 Å². The molecule has 0 spiro atoms.